The number of sulfone groups is 1. The molecule has 0 saturated carbocycles. The van der Waals surface area contributed by atoms with E-state index in [1.165, 1.54) is 12.1 Å². The molecule has 202 valence electrons. The van der Waals surface area contributed by atoms with Gasteiger partial charge in [0.15, 0.2) is 15.5 Å². The molecule has 2 aromatic heterocycles. The lowest BCUT2D eigenvalue weighted by Crippen LogP contribution is -2.15. The molecule has 0 aliphatic carbocycles. The van der Waals surface area contributed by atoms with Crippen LogP contribution in [0.5, 0.6) is 11.5 Å². The second-order valence-electron chi connectivity index (χ2n) is 9.74. The molecule has 3 aromatic carbocycles. The van der Waals surface area contributed by atoms with Gasteiger partial charge in [-0.15, -0.1) is 0 Å². The molecule has 40 heavy (non-hydrogen) atoms. The number of hydrogen-bond donors (Lipinski definition) is 1. The molecule has 0 spiro atoms. The molecule has 1 atom stereocenters. The molecule has 10 heteroatoms. The van der Waals surface area contributed by atoms with E-state index in [9.17, 15) is 17.6 Å². The van der Waals surface area contributed by atoms with Gasteiger partial charge in [-0.05, 0) is 80.1 Å². The van der Waals surface area contributed by atoms with Crippen molar-refractivity contribution in [1.82, 2.24) is 14.8 Å². The standard InChI is InChI=1S/C30H25FN4O4S/c1-19-28-26(30(36)32-22-11-13-25(14-12-22)39-24-5-3-2-4-6-24)17-27(20-7-9-21(31)10-8-20)33-29(28)35(34-19)23-15-16-40(37,38)18-23/h2-14,17,23H,15-16,18H2,1H3,(H,32,36). The van der Waals surface area contributed by atoms with Crippen LogP contribution in [0.2, 0.25) is 0 Å². The summed E-state index contributed by atoms with van der Waals surface area (Å²) < 4.78 is 45.5. The van der Waals surface area contributed by atoms with Crippen molar-refractivity contribution >= 4 is 32.5 Å². The van der Waals surface area contributed by atoms with Gasteiger partial charge in [0.05, 0.1) is 39.9 Å². The SMILES string of the molecule is Cc1nn(C2CCS(=O)(=O)C2)c2nc(-c3ccc(F)cc3)cc(C(=O)Nc3ccc(Oc4ccccc4)cc3)c12. The van der Waals surface area contributed by atoms with Crippen LogP contribution in [0.25, 0.3) is 22.3 Å². The molecule has 5 aromatic rings. The van der Waals surface area contributed by atoms with E-state index in [-0.39, 0.29) is 29.3 Å². The smallest absolute Gasteiger partial charge is 0.256 e. The van der Waals surface area contributed by atoms with Crippen LogP contribution in [0.1, 0.15) is 28.5 Å². The predicted octanol–water partition coefficient (Wildman–Crippen LogP) is 5.95. The zero-order chi connectivity index (χ0) is 27.9. The van der Waals surface area contributed by atoms with Crippen molar-refractivity contribution in [3.05, 3.63) is 102 Å². The molecular weight excluding hydrogens is 531 g/mol. The maximum absolute atomic E-state index is 13.7. The number of ether oxygens (including phenoxy) is 1. The fourth-order valence-electron chi connectivity index (χ4n) is 4.91. The van der Waals surface area contributed by atoms with Crippen LogP contribution in [0.3, 0.4) is 0 Å². The van der Waals surface area contributed by atoms with Gasteiger partial charge in [-0.3, -0.25) is 4.79 Å². The topological polar surface area (TPSA) is 103 Å². The lowest BCUT2D eigenvalue weighted by molar-refractivity contribution is 0.102. The van der Waals surface area contributed by atoms with Crippen LogP contribution in [0.15, 0.2) is 84.9 Å². The van der Waals surface area contributed by atoms with Gasteiger partial charge in [-0.2, -0.15) is 5.10 Å². The zero-order valence-electron chi connectivity index (χ0n) is 21.5. The Morgan fingerprint density at radius 2 is 1.70 bits per heavy atom. The first-order valence-corrected chi connectivity index (χ1v) is 14.6. The van der Waals surface area contributed by atoms with E-state index in [1.54, 1.807) is 54.1 Å². The molecule has 1 unspecified atom stereocenters. The maximum atomic E-state index is 13.7. The number of nitrogens with zero attached hydrogens (tertiary/aromatic N) is 3. The minimum absolute atomic E-state index is 0.0371. The first kappa shape index (κ1) is 25.7. The Balaban J connectivity index is 1.37. The number of halogens is 1. The summed E-state index contributed by atoms with van der Waals surface area (Å²) in [4.78, 5) is 18.4. The van der Waals surface area contributed by atoms with E-state index in [1.807, 2.05) is 30.3 Å². The van der Waals surface area contributed by atoms with E-state index in [2.05, 4.69) is 10.4 Å². The summed E-state index contributed by atoms with van der Waals surface area (Å²) in [5, 5.41) is 8.09. The number of aryl methyl sites for hydroxylation is 1. The van der Waals surface area contributed by atoms with E-state index in [0.29, 0.717) is 57.2 Å². The maximum Gasteiger partial charge on any atom is 0.256 e. The van der Waals surface area contributed by atoms with Crippen LogP contribution < -0.4 is 10.1 Å². The van der Waals surface area contributed by atoms with Gasteiger partial charge >= 0.3 is 0 Å². The molecule has 0 radical (unpaired) electrons. The van der Waals surface area contributed by atoms with Gasteiger partial charge in [-0.1, -0.05) is 18.2 Å². The van der Waals surface area contributed by atoms with Crippen molar-refractivity contribution in [2.24, 2.45) is 0 Å². The lowest BCUT2D eigenvalue weighted by atomic mass is 10.0. The van der Waals surface area contributed by atoms with Crippen molar-refractivity contribution < 1.29 is 22.3 Å². The number of carbonyl (C=O) groups excluding carboxylic acids is 1. The van der Waals surface area contributed by atoms with Gasteiger partial charge in [0.25, 0.3) is 5.91 Å². The third-order valence-corrected chi connectivity index (χ3v) is 8.62. The summed E-state index contributed by atoms with van der Waals surface area (Å²) in [7, 11) is -3.18. The molecule has 8 nitrogen and oxygen atoms in total. The average Bonchev–Trinajstić information content (AvgIpc) is 3.48. The zero-order valence-corrected chi connectivity index (χ0v) is 22.4. The van der Waals surface area contributed by atoms with Crippen LogP contribution in [-0.4, -0.2) is 40.6 Å². The fourth-order valence-corrected chi connectivity index (χ4v) is 6.60. The van der Waals surface area contributed by atoms with Crippen LogP contribution >= 0.6 is 0 Å². The highest BCUT2D eigenvalue weighted by Crippen LogP contribution is 2.33. The van der Waals surface area contributed by atoms with Crippen molar-refractivity contribution in [1.29, 1.82) is 0 Å². The summed E-state index contributed by atoms with van der Waals surface area (Å²) in [6, 6.07) is 23.5. The molecular formula is C30H25FN4O4S. The summed E-state index contributed by atoms with van der Waals surface area (Å²) in [5.74, 6) is 0.596. The molecule has 0 bridgehead atoms. The third-order valence-electron chi connectivity index (χ3n) is 6.87. The third kappa shape index (κ3) is 5.17. The Bertz CT molecular complexity index is 1820. The normalized spacial score (nSPS) is 16.2. The molecule has 1 aliphatic rings. The summed E-state index contributed by atoms with van der Waals surface area (Å²) in [6.07, 6.45) is 0.417. The number of hydrogen-bond acceptors (Lipinski definition) is 6. The fraction of sp³-hybridized carbons (Fsp3) is 0.167. The number of fused-ring (bicyclic) bond motifs is 1. The Morgan fingerprint density at radius 1 is 1.00 bits per heavy atom. The van der Waals surface area contributed by atoms with E-state index >= 15 is 0 Å². The van der Waals surface area contributed by atoms with Gasteiger partial charge in [0.1, 0.15) is 17.3 Å². The average molecular weight is 557 g/mol. The van der Waals surface area contributed by atoms with Crippen LogP contribution in [-0.2, 0) is 9.84 Å². The van der Waals surface area contributed by atoms with Crippen LogP contribution in [0.4, 0.5) is 10.1 Å². The van der Waals surface area contributed by atoms with Gasteiger partial charge in [-0.25, -0.2) is 22.5 Å². The molecule has 1 saturated heterocycles. The minimum Gasteiger partial charge on any atom is -0.457 e. The van der Waals surface area contributed by atoms with Gasteiger partial charge < -0.3 is 10.1 Å². The molecule has 1 N–H and O–H groups in total. The quantitative estimate of drug-likeness (QED) is 0.277. The highest BCUT2D eigenvalue weighted by atomic mass is 32.2. The van der Waals surface area contributed by atoms with Crippen molar-refractivity contribution in [2.45, 2.75) is 19.4 Å². The van der Waals surface area contributed by atoms with Gasteiger partial charge in [0, 0.05) is 11.3 Å². The lowest BCUT2D eigenvalue weighted by Gasteiger charge is -2.13. The highest BCUT2D eigenvalue weighted by molar-refractivity contribution is 7.91. The number of nitrogens with one attached hydrogen (secondary N) is 1. The first-order chi connectivity index (χ1) is 19.3. The van der Waals surface area contributed by atoms with Gasteiger partial charge in [0.2, 0.25) is 0 Å². The molecule has 3 heterocycles. The summed E-state index contributed by atoms with van der Waals surface area (Å²) in [5.41, 5.74) is 2.94. The Hall–Kier alpha value is -4.57. The van der Waals surface area contributed by atoms with E-state index in [0.717, 1.165) is 0 Å². The van der Waals surface area contributed by atoms with Crippen molar-refractivity contribution in [3.63, 3.8) is 0 Å². The largest absolute Gasteiger partial charge is 0.457 e. The number of aromatic nitrogens is 3. The van der Waals surface area contributed by atoms with E-state index < -0.39 is 9.84 Å². The molecule has 1 amide bonds. The monoisotopic (exact) mass is 556 g/mol. The number of carbonyl (C=O) groups is 1. The highest BCUT2D eigenvalue weighted by Gasteiger charge is 2.32. The van der Waals surface area contributed by atoms with Crippen molar-refractivity contribution in [3.8, 4) is 22.8 Å². The minimum atomic E-state index is -3.18. The number of pyridine rings is 1. The Labute approximate surface area is 230 Å². The first-order valence-electron chi connectivity index (χ1n) is 12.8. The molecule has 6 rings (SSSR count). The predicted molar refractivity (Wildman–Crippen MR) is 151 cm³/mol. The number of amides is 1. The Morgan fingerprint density at radius 3 is 2.38 bits per heavy atom. The second-order valence-corrected chi connectivity index (χ2v) is 12.0. The number of anilines is 1. The second kappa shape index (κ2) is 10.2. The Kier molecular flexibility index (Phi) is 6.55. The number of para-hydroxylation sites is 1. The van der Waals surface area contributed by atoms with Crippen molar-refractivity contribution in [2.75, 3.05) is 16.8 Å². The molecule has 1 aliphatic heterocycles. The summed E-state index contributed by atoms with van der Waals surface area (Å²) in [6.45, 7) is 1.77. The number of benzene rings is 3. The number of rotatable bonds is 6. The van der Waals surface area contributed by atoms with Crippen LogP contribution in [0, 0.1) is 12.7 Å². The van der Waals surface area contributed by atoms with E-state index in [4.69, 9.17) is 9.72 Å². The molecule has 1 fully saturated rings. The summed E-state index contributed by atoms with van der Waals surface area (Å²) >= 11 is 0.